The minimum Gasteiger partial charge on any atom is -0.483 e. The topological polar surface area (TPSA) is 87.7 Å². The highest BCUT2D eigenvalue weighted by atomic mass is 16.5. The molecule has 0 aliphatic carbocycles. The van der Waals surface area contributed by atoms with E-state index in [0.717, 1.165) is 11.1 Å². The molecule has 0 radical (unpaired) electrons. The van der Waals surface area contributed by atoms with E-state index in [9.17, 15) is 14.7 Å². The van der Waals surface area contributed by atoms with Gasteiger partial charge in [-0.1, -0.05) is 49.7 Å². The third-order valence-corrected chi connectivity index (χ3v) is 4.11. The van der Waals surface area contributed by atoms with Gasteiger partial charge in [-0.3, -0.25) is 14.9 Å². The van der Waals surface area contributed by atoms with Gasteiger partial charge in [0.25, 0.3) is 5.91 Å². The Labute approximate surface area is 159 Å². The number of hydrogen-bond acceptors (Lipinski definition) is 4. The van der Waals surface area contributed by atoms with E-state index in [4.69, 9.17) is 4.74 Å². The number of carbonyl (C=O) groups excluding carboxylic acids is 1. The van der Waals surface area contributed by atoms with Gasteiger partial charge in [0.1, 0.15) is 11.8 Å². The first-order valence-electron chi connectivity index (χ1n) is 8.90. The molecule has 6 heteroatoms. The number of carboxylic acid groups (broad SMARTS) is 1. The maximum absolute atomic E-state index is 12.1. The van der Waals surface area contributed by atoms with Gasteiger partial charge in [-0.25, -0.2) is 0 Å². The summed E-state index contributed by atoms with van der Waals surface area (Å²) >= 11 is 0. The number of amides is 1. The minimum absolute atomic E-state index is 0.0455. The van der Waals surface area contributed by atoms with Crippen LogP contribution >= 0.6 is 0 Å². The van der Waals surface area contributed by atoms with Crippen molar-refractivity contribution in [2.24, 2.45) is 5.92 Å². The van der Waals surface area contributed by atoms with Crippen LogP contribution < -0.4 is 15.4 Å². The normalized spacial score (nSPS) is 11.9. The van der Waals surface area contributed by atoms with Crippen LogP contribution in [0.2, 0.25) is 0 Å². The maximum Gasteiger partial charge on any atom is 0.320 e. The molecule has 6 nitrogen and oxygen atoms in total. The number of carbonyl (C=O) groups is 2. The molecular weight excluding hydrogens is 344 g/mol. The first-order chi connectivity index (χ1) is 12.9. The van der Waals surface area contributed by atoms with Crippen molar-refractivity contribution in [2.75, 3.05) is 11.9 Å². The zero-order valence-electron chi connectivity index (χ0n) is 15.9. The number of rotatable bonds is 9. The lowest BCUT2D eigenvalue weighted by molar-refractivity contribution is -0.140. The maximum atomic E-state index is 12.1. The summed E-state index contributed by atoms with van der Waals surface area (Å²) in [7, 11) is 0. The van der Waals surface area contributed by atoms with E-state index in [1.54, 1.807) is 6.07 Å². The number of benzene rings is 2. The molecule has 3 N–H and O–H groups in total. The quantitative estimate of drug-likeness (QED) is 0.631. The lowest BCUT2D eigenvalue weighted by atomic mass is 10.0. The van der Waals surface area contributed by atoms with Crippen LogP contribution in [0.5, 0.6) is 5.75 Å². The lowest BCUT2D eigenvalue weighted by Crippen LogP contribution is -2.40. The Morgan fingerprint density at radius 3 is 2.37 bits per heavy atom. The molecule has 2 aromatic rings. The lowest BCUT2D eigenvalue weighted by Gasteiger charge is -2.19. The molecule has 27 heavy (non-hydrogen) atoms. The van der Waals surface area contributed by atoms with Gasteiger partial charge in [0.2, 0.25) is 0 Å². The second-order valence-electron chi connectivity index (χ2n) is 6.75. The van der Waals surface area contributed by atoms with Crippen LogP contribution in [-0.4, -0.2) is 29.6 Å². The number of anilines is 1. The highest BCUT2D eigenvalue weighted by molar-refractivity contribution is 5.91. The Morgan fingerprint density at radius 1 is 1.07 bits per heavy atom. The van der Waals surface area contributed by atoms with Crippen molar-refractivity contribution in [1.29, 1.82) is 0 Å². The van der Waals surface area contributed by atoms with Crippen LogP contribution in [-0.2, 0) is 16.1 Å². The summed E-state index contributed by atoms with van der Waals surface area (Å²) in [5.74, 6) is -0.638. The zero-order valence-corrected chi connectivity index (χ0v) is 15.9. The molecule has 0 spiro atoms. The van der Waals surface area contributed by atoms with Gasteiger partial charge in [-0.2, -0.15) is 0 Å². The molecule has 0 heterocycles. The van der Waals surface area contributed by atoms with Gasteiger partial charge in [0.05, 0.1) is 0 Å². The molecule has 0 aliphatic heterocycles. The molecule has 0 saturated heterocycles. The standard InChI is InChI=1S/C21H26N2O4/c1-14(2)20(21(25)26)22-12-16-6-4-5-7-18(16)27-13-19(24)23-17-10-8-15(3)9-11-17/h4-11,14,20,22H,12-13H2,1-3H3,(H,23,24)(H,25,26). The SMILES string of the molecule is Cc1ccc(NC(=O)COc2ccccc2CNC(C(=O)O)C(C)C)cc1. The molecule has 0 aliphatic rings. The summed E-state index contributed by atoms with van der Waals surface area (Å²) in [5, 5.41) is 15.1. The Bertz CT molecular complexity index is 772. The molecule has 0 bridgehead atoms. The summed E-state index contributed by atoms with van der Waals surface area (Å²) in [4.78, 5) is 23.4. The van der Waals surface area contributed by atoms with E-state index in [0.29, 0.717) is 18.0 Å². The number of para-hydroxylation sites is 1. The van der Waals surface area contributed by atoms with Gasteiger partial charge in [0, 0.05) is 17.8 Å². The van der Waals surface area contributed by atoms with Crippen molar-refractivity contribution in [2.45, 2.75) is 33.4 Å². The first-order valence-corrected chi connectivity index (χ1v) is 8.90. The second kappa shape index (κ2) is 9.73. The van der Waals surface area contributed by atoms with Crippen LogP contribution in [0.25, 0.3) is 0 Å². The molecule has 0 saturated carbocycles. The highest BCUT2D eigenvalue weighted by Crippen LogP contribution is 2.18. The smallest absolute Gasteiger partial charge is 0.320 e. The molecule has 1 atom stereocenters. The summed E-state index contributed by atoms with van der Waals surface area (Å²) in [6.45, 7) is 5.89. The van der Waals surface area contributed by atoms with Gasteiger partial charge in [-0.05, 0) is 31.0 Å². The Morgan fingerprint density at radius 2 is 1.74 bits per heavy atom. The van der Waals surface area contributed by atoms with Gasteiger partial charge in [-0.15, -0.1) is 0 Å². The van der Waals surface area contributed by atoms with Crippen LogP contribution in [0.3, 0.4) is 0 Å². The number of nitrogens with one attached hydrogen (secondary N) is 2. The molecule has 0 fully saturated rings. The van der Waals surface area contributed by atoms with Crippen molar-refractivity contribution in [3.63, 3.8) is 0 Å². The van der Waals surface area contributed by atoms with E-state index < -0.39 is 12.0 Å². The van der Waals surface area contributed by atoms with Crippen molar-refractivity contribution in [3.05, 3.63) is 59.7 Å². The van der Waals surface area contributed by atoms with E-state index in [-0.39, 0.29) is 18.4 Å². The Balaban J connectivity index is 1.93. The fourth-order valence-corrected chi connectivity index (χ4v) is 2.60. The summed E-state index contributed by atoms with van der Waals surface area (Å²) in [6, 6.07) is 14.1. The largest absolute Gasteiger partial charge is 0.483 e. The molecule has 144 valence electrons. The minimum atomic E-state index is -0.888. The number of aryl methyl sites for hydroxylation is 1. The zero-order chi connectivity index (χ0) is 19.8. The van der Waals surface area contributed by atoms with E-state index in [1.165, 1.54) is 0 Å². The fourth-order valence-electron chi connectivity index (χ4n) is 2.60. The van der Waals surface area contributed by atoms with E-state index in [2.05, 4.69) is 10.6 Å². The van der Waals surface area contributed by atoms with Gasteiger partial charge in [0.15, 0.2) is 6.61 Å². The highest BCUT2D eigenvalue weighted by Gasteiger charge is 2.21. The summed E-state index contributed by atoms with van der Waals surface area (Å²) in [5.41, 5.74) is 2.63. The molecular formula is C21H26N2O4. The second-order valence-corrected chi connectivity index (χ2v) is 6.75. The molecule has 2 rings (SSSR count). The van der Waals surface area contributed by atoms with Gasteiger partial charge < -0.3 is 15.2 Å². The van der Waals surface area contributed by atoms with E-state index in [1.807, 2.05) is 63.2 Å². The third kappa shape index (κ3) is 6.42. The Kier molecular flexibility index (Phi) is 7.37. The molecule has 2 aromatic carbocycles. The average Bonchev–Trinajstić information content (AvgIpc) is 2.62. The van der Waals surface area contributed by atoms with Crippen LogP contribution in [0.1, 0.15) is 25.0 Å². The van der Waals surface area contributed by atoms with Crippen molar-refractivity contribution >= 4 is 17.6 Å². The van der Waals surface area contributed by atoms with Gasteiger partial charge >= 0.3 is 5.97 Å². The van der Waals surface area contributed by atoms with Crippen LogP contribution in [0.15, 0.2) is 48.5 Å². The number of ether oxygens (including phenoxy) is 1. The molecule has 1 unspecified atom stereocenters. The predicted molar refractivity (Wildman–Crippen MR) is 105 cm³/mol. The van der Waals surface area contributed by atoms with Crippen molar-refractivity contribution < 1.29 is 19.4 Å². The summed E-state index contributed by atoms with van der Waals surface area (Å²) in [6.07, 6.45) is 0. The number of aliphatic carboxylic acids is 1. The van der Waals surface area contributed by atoms with E-state index >= 15 is 0 Å². The predicted octanol–water partition coefficient (Wildman–Crippen LogP) is 3.21. The molecule has 1 amide bonds. The number of hydrogen-bond donors (Lipinski definition) is 3. The van der Waals surface area contributed by atoms with Crippen molar-refractivity contribution in [3.8, 4) is 5.75 Å². The first kappa shape index (κ1) is 20.5. The third-order valence-electron chi connectivity index (χ3n) is 4.11. The number of carboxylic acids is 1. The Hall–Kier alpha value is -2.86. The average molecular weight is 370 g/mol. The fraction of sp³-hybridized carbons (Fsp3) is 0.333. The molecule has 0 aromatic heterocycles. The van der Waals surface area contributed by atoms with Crippen LogP contribution in [0, 0.1) is 12.8 Å². The monoisotopic (exact) mass is 370 g/mol. The summed E-state index contributed by atoms with van der Waals surface area (Å²) < 4.78 is 5.65. The van der Waals surface area contributed by atoms with Crippen molar-refractivity contribution in [1.82, 2.24) is 5.32 Å². The van der Waals surface area contributed by atoms with Crippen LogP contribution in [0.4, 0.5) is 5.69 Å².